The van der Waals surface area contributed by atoms with Crippen molar-refractivity contribution in [2.24, 2.45) is 0 Å². The maximum atomic E-state index is 13.5. The largest absolute Gasteiger partial charge is 0.478 e. The normalized spacial score (nSPS) is 10.2. The molecule has 1 aromatic heterocycles. The van der Waals surface area contributed by atoms with Crippen molar-refractivity contribution in [2.75, 3.05) is 5.32 Å². The van der Waals surface area contributed by atoms with E-state index in [4.69, 9.17) is 21.1 Å². The van der Waals surface area contributed by atoms with Crippen LogP contribution in [0.3, 0.4) is 0 Å². The Hall–Kier alpha value is -2.34. The SMILES string of the molecule is O=C(O)c1ccc(F)c(NC(=O)c2ccoc2Cl)c1. The summed E-state index contributed by atoms with van der Waals surface area (Å²) in [5, 5.41) is 10.9. The second-order valence-corrected chi connectivity index (χ2v) is 3.91. The van der Waals surface area contributed by atoms with Crippen molar-refractivity contribution in [1.29, 1.82) is 0 Å². The second-order valence-electron chi connectivity index (χ2n) is 3.56. The van der Waals surface area contributed by atoms with Gasteiger partial charge in [0.1, 0.15) is 5.82 Å². The molecule has 0 saturated carbocycles. The fourth-order valence-corrected chi connectivity index (χ4v) is 1.60. The Balaban J connectivity index is 2.28. The number of benzene rings is 1. The molecule has 1 heterocycles. The van der Waals surface area contributed by atoms with E-state index in [1.165, 1.54) is 12.3 Å². The predicted molar refractivity (Wildman–Crippen MR) is 65.0 cm³/mol. The number of hydrogen-bond donors (Lipinski definition) is 2. The molecule has 2 aromatic rings. The molecule has 0 saturated heterocycles. The van der Waals surface area contributed by atoms with Gasteiger partial charge in [-0.2, -0.15) is 0 Å². The van der Waals surface area contributed by atoms with Crippen LogP contribution in [0.25, 0.3) is 0 Å². The van der Waals surface area contributed by atoms with Crippen molar-refractivity contribution in [3.63, 3.8) is 0 Å². The molecular formula is C12H7ClFNO4. The molecule has 0 fully saturated rings. The van der Waals surface area contributed by atoms with E-state index in [0.29, 0.717) is 0 Å². The highest BCUT2D eigenvalue weighted by Crippen LogP contribution is 2.21. The molecule has 19 heavy (non-hydrogen) atoms. The quantitative estimate of drug-likeness (QED) is 0.907. The molecule has 0 bridgehead atoms. The average molecular weight is 284 g/mol. The zero-order chi connectivity index (χ0) is 14.0. The maximum absolute atomic E-state index is 13.5. The Morgan fingerprint density at radius 3 is 2.63 bits per heavy atom. The van der Waals surface area contributed by atoms with E-state index >= 15 is 0 Å². The van der Waals surface area contributed by atoms with Crippen LogP contribution in [0, 0.1) is 5.82 Å². The van der Waals surface area contributed by atoms with Crippen molar-refractivity contribution in [1.82, 2.24) is 0 Å². The lowest BCUT2D eigenvalue weighted by Crippen LogP contribution is -2.13. The molecule has 0 unspecified atom stereocenters. The standard InChI is InChI=1S/C12H7ClFNO4/c13-10-7(3-4-19-10)11(16)15-9-5-6(12(17)18)1-2-8(9)14/h1-5H,(H,15,16)(H,17,18). The van der Waals surface area contributed by atoms with Gasteiger partial charge in [0.25, 0.3) is 5.91 Å². The molecule has 2 rings (SSSR count). The van der Waals surface area contributed by atoms with Gasteiger partial charge in [-0.3, -0.25) is 4.79 Å². The molecule has 0 radical (unpaired) electrons. The van der Waals surface area contributed by atoms with E-state index < -0.39 is 17.7 Å². The molecule has 7 heteroatoms. The highest BCUT2D eigenvalue weighted by atomic mass is 35.5. The maximum Gasteiger partial charge on any atom is 0.335 e. The number of anilines is 1. The van der Waals surface area contributed by atoms with Crippen LogP contribution in [-0.2, 0) is 0 Å². The first-order valence-corrected chi connectivity index (χ1v) is 5.44. The van der Waals surface area contributed by atoms with Crippen LogP contribution >= 0.6 is 11.6 Å². The van der Waals surface area contributed by atoms with E-state index in [0.717, 1.165) is 18.2 Å². The minimum absolute atomic E-state index is 0.0294. The minimum Gasteiger partial charge on any atom is -0.478 e. The highest BCUT2D eigenvalue weighted by Gasteiger charge is 2.16. The molecule has 0 aliphatic heterocycles. The van der Waals surface area contributed by atoms with Gasteiger partial charge in [-0.05, 0) is 35.9 Å². The van der Waals surface area contributed by atoms with Crippen molar-refractivity contribution in [3.8, 4) is 0 Å². The van der Waals surface area contributed by atoms with Crippen molar-refractivity contribution < 1.29 is 23.5 Å². The van der Waals surface area contributed by atoms with Crippen molar-refractivity contribution >= 4 is 29.2 Å². The van der Waals surface area contributed by atoms with Crippen LogP contribution in [0.1, 0.15) is 20.7 Å². The van der Waals surface area contributed by atoms with E-state index in [1.54, 1.807) is 0 Å². The topological polar surface area (TPSA) is 79.5 Å². The average Bonchev–Trinajstić information content (AvgIpc) is 2.78. The van der Waals surface area contributed by atoms with Gasteiger partial charge in [0, 0.05) is 0 Å². The monoisotopic (exact) mass is 283 g/mol. The van der Waals surface area contributed by atoms with Gasteiger partial charge in [0.05, 0.1) is 23.1 Å². The summed E-state index contributed by atoms with van der Waals surface area (Å²) in [4.78, 5) is 22.5. The lowest BCUT2D eigenvalue weighted by atomic mass is 10.2. The number of carboxylic acid groups (broad SMARTS) is 1. The van der Waals surface area contributed by atoms with Crippen molar-refractivity contribution in [2.45, 2.75) is 0 Å². The van der Waals surface area contributed by atoms with Gasteiger partial charge in [0.15, 0.2) is 0 Å². The molecule has 0 aliphatic carbocycles. The van der Waals surface area contributed by atoms with E-state index in [-0.39, 0.29) is 22.0 Å². The molecule has 0 atom stereocenters. The third kappa shape index (κ3) is 2.74. The van der Waals surface area contributed by atoms with Crippen molar-refractivity contribution in [3.05, 3.63) is 52.7 Å². The summed E-state index contributed by atoms with van der Waals surface area (Å²) in [6.45, 7) is 0. The summed E-state index contributed by atoms with van der Waals surface area (Å²) in [6, 6.07) is 4.38. The third-order valence-electron chi connectivity index (χ3n) is 2.32. The molecule has 0 spiro atoms. The molecular weight excluding hydrogens is 277 g/mol. The summed E-state index contributed by atoms with van der Waals surface area (Å²) in [7, 11) is 0. The fraction of sp³-hybridized carbons (Fsp3) is 0. The number of aromatic carboxylic acids is 1. The summed E-state index contributed by atoms with van der Waals surface area (Å²) in [6.07, 6.45) is 1.21. The summed E-state index contributed by atoms with van der Waals surface area (Å²) < 4.78 is 18.2. The fourth-order valence-electron chi connectivity index (χ4n) is 1.40. The molecule has 2 N–H and O–H groups in total. The Bertz CT molecular complexity index is 653. The Morgan fingerprint density at radius 2 is 2.05 bits per heavy atom. The summed E-state index contributed by atoms with van der Waals surface area (Å²) in [5.74, 6) is -2.67. The van der Waals surface area contributed by atoms with Crippen LogP contribution in [0.4, 0.5) is 10.1 Å². The first kappa shape index (κ1) is 13.1. The number of hydrogen-bond acceptors (Lipinski definition) is 3. The van der Waals surface area contributed by atoms with Gasteiger partial charge in [-0.25, -0.2) is 9.18 Å². The number of halogens is 2. The summed E-state index contributed by atoms with van der Waals surface area (Å²) in [5.41, 5.74) is -0.362. The summed E-state index contributed by atoms with van der Waals surface area (Å²) >= 11 is 5.61. The Labute approximate surface area is 111 Å². The molecule has 5 nitrogen and oxygen atoms in total. The third-order valence-corrected chi connectivity index (χ3v) is 2.62. The number of furan rings is 1. The zero-order valence-corrected chi connectivity index (χ0v) is 10.1. The van der Waals surface area contributed by atoms with Crippen LogP contribution < -0.4 is 5.32 Å². The van der Waals surface area contributed by atoms with E-state index in [2.05, 4.69) is 5.32 Å². The number of rotatable bonds is 3. The molecule has 1 amide bonds. The number of carbonyl (C=O) groups excluding carboxylic acids is 1. The number of amides is 1. The number of nitrogens with one attached hydrogen (secondary N) is 1. The van der Waals surface area contributed by atoms with Gasteiger partial charge in [0.2, 0.25) is 5.22 Å². The van der Waals surface area contributed by atoms with Gasteiger partial charge in [-0.1, -0.05) is 0 Å². The molecule has 0 aliphatic rings. The van der Waals surface area contributed by atoms with Gasteiger partial charge in [-0.15, -0.1) is 0 Å². The van der Waals surface area contributed by atoms with E-state index in [9.17, 15) is 14.0 Å². The number of carboxylic acids is 1. The predicted octanol–water partition coefficient (Wildman–Crippen LogP) is 3.02. The van der Waals surface area contributed by atoms with Crippen LogP contribution in [0.2, 0.25) is 5.22 Å². The first-order valence-electron chi connectivity index (χ1n) is 5.06. The van der Waals surface area contributed by atoms with Crippen LogP contribution in [-0.4, -0.2) is 17.0 Å². The molecule has 98 valence electrons. The van der Waals surface area contributed by atoms with Crippen LogP contribution in [0.15, 0.2) is 34.9 Å². The molecule has 1 aromatic carbocycles. The minimum atomic E-state index is -1.23. The highest BCUT2D eigenvalue weighted by molar-refractivity contribution is 6.32. The lowest BCUT2D eigenvalue weighted by Gasteiger charge is -2.06. The first-order chi connectivity index (χ1) is 8.99. The van der Waals surface area contributed by atoms with Gasteiger partial charge < -0.3 is 14.8 Å². The van der Waals surface area contributed by atoms with Gasteiger partial charge >= 0.3 is 5.97 Å². The Kier molecular flexibility index (Phi) is 3.52. The number of carbonyl (C=O) groups is 2. The second kappa shape index (κ2) is 5.11. The van der Waals surface area contributed by atoms with E-state index in [1.807, 2.05) is 0 Å². The lowest BCUT2D eigenvalue weighted by molar-refractivity contribution is 0.0696. The zero-order valence-electron chi connectivity index (χ0n) is 9.31. The van der Waals surface area contributed by atoms with Crippen LogP contribution in [0.5, 0.6) is 0 Å². The Morgan fingerprint density at radius 1 is 1.32 bits per heavy atom. The smallest absolute Gasteiger partial charge is 0.335 e.